The molecule has 0 spiro atoms. The monoisotopic (exact) mass is 351 g/mol. The smallest absolute Gasteiger partial charge is 0.262 e. The average molecular weight is 351 g/mol. The molecule has 1 aliphatic heterocycles. The molecule has 0 aromatic heterocycles. The van der Waals surface area contributed by atoms with Crippen molar-refractivity contribution in [2.45, 2.75) is 45.6 Å². The van der Waals surface area contributed by atoms with Crippen molar-refractivity contribution in [1.29, 1.82) is 0 Å². The summed E-state index contributed by atoms with van der Waals surface area (Å²) in [5.74, 6) is 0.383. The normalized spacial score (nSPS) is 13.2. The number of imide groups is 1. The van der Waals surface area contributed by atoms with E-state index in [-0.39, 0.29) is 18.4 Å². The van der Waals surface area contributed by atoms with Crippen molar-refractivity contribution in [3.05, 3.63) is 64.7 Å². The zero-order chi connectivity index (χ0) is 18.5. The molecule has 2 amide bonds. The van der Waals surface area contributed by atoms with Crippen LogP contribution in [0.4, 0.5) is 0 Å². The van der Waals surface area contributed by atoms with E-state index in [1.54, 1.807) is 13.2 Å². The summed E-state index contributed by atoms with van der Waals surface area (Å²) in [5, 5.41) is 0. The Balaban J connectivity index is 1.78. The van der Waals surface area contributed by atoms with Crippen molar-refractivity contribution in [1.82, 2.24) is 4.90 Å². The summed E-state index contributed by atoms with van der Waals surface area (Å²) in [6.45, 7) is 2.46. The minimum absolute atomic E-state index is 0.174. The molecule has 0 saturated carbocycles. The Labute approximate surface area is 154 Å². The van der Waals surface area contributed by atoms with E-state index < -0.39 is 0 Å². The summed E-state index contributed by atoms with van der Waals surface area (Å²) in [4.78, 5) is 27.0. The molecule has 26 heavy (non-hydrogen) atoms. The lowest BCUT2D eigenvalue weighted by Crippen LogP contribution is -2.29. The Hall–Kier alpha value is -2.62. The highest BCUT2D eigenvalue weighted by Crippen LogP contribution is 2.29. The Morgan fingerprint density at radius 2 is 1.69 bits per heavy atom. The van der Waals surface area contributed by atoms with E-state index in [9.17, 15) is 9.59 Å². The number of ether oxygens (including phenoxy) is 1. The van der Waals surface area contributed by atoms with Crippen LogP contribution in [0.15, 0.2) is 42.5 Å². The third kappa shape index (κ3) is 3.64. The Morgan fingerprint density at radius 3 is 2.38 bits per heavy atom. The van der Waals surface area contributed by atoms with Gasteiger partial charge in [-0.1, -0.05) is 50.5 Å². The van der Waals surface area contributed by atoms with Crippen LogP contribution in [-0.2, 0) is 13.0 Å². The summed E-state index contributed by atoms with van der Waals surface area (Å²) < 4.78 is 5.16. The fraction of sp³-hybridized carbons (Fsp3) is 0.364. The van der Waals surface area contributed by atoms with E-state index in [1.165, 1.54) is 17.7 Å². The van der Waals surface area contributed by atoms with Gasteiger partial charge >= 0.3 is 0 Å². The van der Waals surface area contributed by atoms with Crippen LogP contribution < -0.4 is 4.74 Å². The number of hydrogen-bond donors (Lipinski definition) is 0. The van der Waals surface area contributed by atoms with Crippen LogP contribution in [-0.4, -0.2) is 23.8 Å². The number of methoxy groups -OCH3 is 1. The molecule has 0 radical (unpaired) electrons. The van der Waals surface area contributed by atoms with Gasteiger partial charge in [0.25, 0.3) is 11.8 Å². The molecule has 1 aliphatic rings. The van der Waals surface area contributed by atoms with Crippen LogP contribution >= 0.6 is 0 Å². The van der Waals surface area contributed by atoms with E-state index in [2.05, 4.69) is 6.92 Å². The maximum Gasteiger partial charge on any atom is 0.262 e. The third-order valence-electron chi connectivity index (χ3n) is 4.88. The number of unbranched alkanes of at least 4 members (excludes halogenated alkanes) is 3. The molecule has 1 heterocycles. The summed E-state index contributed by atoms with van der Waals surface area (Å²) in [7, 11) is 1.61. The molecular weight excluding hydrogens is 326 g/mol. The van der Waals surface area contributed by atoms with Crippen LogP contribution in [0.2, 0.25) is 0 Å². The SMILES string of the molecule is CCCCCCc1cccc2c1C(=O)N(Cc1ccc(OC)cc1)C2=O. The molecule has 0 N–H and O–H groups in total. The number of carbonyl (C=O) groups excluding carboxylic acids is 2. The second-order valence-corrected chi connectivity index (χ2v) is 6.69. The van der Waals surface area contributed by atoms with Crippen LogP contribution in [0.3, 0.4) is 0 Å². The summed E-state index contributed by atoms with van der Waals surface area (Å²) in [5.41, 5.74) is 3.04. The first-order chi connectivity index (χ1) is 12.7. The third-order valence-corrected chi connectivity index (χ3v) is 4.88. The van der Waals surface area contributed by atoms with Crippen molar-refractivity contribution >= 4 is 11.8 Å². The van der Waals surface area contributed by atoms with Gasteiger partial charge in [-0.25, -0.2) is 0 Å². The van der Waals surface area contributed by atoms with E-state index in [1.807, 2.05) is 36.4 Å². The second-order valence-electron chi connectivity index (χ2n) is 6.69. The fourth-order valence-electron chi connectivity index (χ4n) is 3.41. The standard InChI is InChI=1S/C22H25NO3/c1-3-4-5-6-8-17-9-7-10-19-20(17)22(25)23(21(19)24)15-16-11-13-18(26-2)14-12-16/h7,9-14H,3-6,8,15H2,1-2H3. The van der Waals surface area contributed by atoms with E-state index in [0.717, 1.165) is 36.1 Å². The molecule has 2 aromatic rings. The number of benzene rings is 2. The Morgan fingerprint density at radius 1 is 0.923 bits per heavy atom. The molecule has 0 aliphatic carbocycles. The van der Waals surface area contributed by atoms with Gasteiger partial charge in [-0.3, -0.25) is 14.5 Å². The number of hydrogen-bond acceptors (Lipinski definition) is 3. The van der Waals surface area contributed by atoms with E-state index in [0.29, 0.717) is 11.1 Å². The van der Waals surface area contributed by atoms with Gasteiger partial charge in [0.15, 0.2) is 0 Å². The number of nitrogens with zero attached hydrogens (tertiary/aromatic N) is 1. The highest BCUT2D eigenvalue weighted by molar-refractivity contribution is 6.22. The molecule has 2 aromatic carbocycles. The predicted octanol–water partition coefficient (Wildman–Crippen LogP) is 4.61. The van der Waals surface area contributed by atoms with E-state index in [4.69, 9.17) is 4.74 Å². The summed E-state index contributed by atoms with van der Waals surface area (Å²) in [6.07, 6.45) is 5.42. The molecule has 0 saturated heterocycles. The average Bonchev–Trinajstić information content (AvgIpc) is 2.91. The largest absolute Gasteiger partial charge is 0.497 e. The van der Waals surface area contributed by atoms with Gasteiger partial charge in [-0.05, 0) is 42.2 Å². The highest BCUT2D eigenvalue weighted by atomic mass is 16.5. The maximum atomic E-state index is 12.9. The molecule has 136 valence electrons. The van der Waals surface area contributed by atoms with Gasteiger partial charge in [-0.15, -0.1) is 0 Å². The van der Waals surface area contributed by atoms with Gasteiger partial charge in [0, 0.05) is 0 Å². The zero-order valence-corrected chi connectivity index (χ0v) is 15.5. The topological polar surface area (TPSA) is 46.6 Å². The lowest BCUT2D eigenvalue weighted by atomic mass is 9.98. The number of rotatable bonds is 8. The van der Waals surface area contributed by atoms with Crippen LogP contribution in [0.25, 0.3) is 0 Å². The maximum absolute atomic E-state index is 12.9. The molecule has 0 bridgehead atoms. The molecule has 4 heteroatoms. The summed E-state index contributed by atoms with van der Waals surface area (Å²) in [6, 6.07) is 13.1. The molecular formula is C22H25NO3. The molecule has 0 atom stereocenters. The van der Waals surface area contributed by atoms with Crippen molar-refractivity contribution < 1.29 is 14.3 Å². The van der Waals surface area contributed by atoms with Gasteiger partial charge < -0.3 is 4.74 Å². The predicted molar refractivity (Wildman–Crippen MR) is 101 cm³/mol. The fourth-order valence-corrected chi connectivity index (χ4v) is 3.41. The van der Waals surface area contributed by atoms with Gasteiger partial charge in [0.1, 0.15) is 5.75 Å². The van der Waals surface area contributed by atoms with Crippen molar-refractivity contribution in [3.63, 3.8) is 0 Å². The Bertz CT molecular complexity index is 796. The number of fused-ring (bicyclic) bond motifs is 1. The minimum Gasteiger partial charge on any atom is -0.497 e. The molecule has 0 unspecified atom stereocenters. The van der Waals surface area contributed by atoms with Crippen molar-refractivity contribution in [3.8, 4) is 5.75 Å². The van der Waals surface area contributed by atoms with E-state index >= 15 is 0 Å². The molecule has 3 rings (SSSR count). The van der Waals surface area contributed by atoms with Gasteiger partial charge in [0.2, 0.25) is 0 Å². The van der Waals surface area contributed by atoms with Crippen molar-refractivity contribution in [2.24, 2.45) is 0 Å². The first-order valence-corrected chi connectivity index (χ1v) is 9.26. The number of aryl methyl sites for hydroxylation is 1. The second kappa shape index (κ2) is 8.17. The minimum atomic E-state index is -0.198. The van der Waals surface area contributed by atoms with Crippen LogP contribution in [0, 0.1) is 0 Å². The molecule has 4 nitrogen and oxygen atoms in total. The first-order valence-electron chi connectivity index (χ1n) is 9.26. The summed E-state index contributed by atoms with van der Waals surface area (Å²) >= 11 is 0. The lowest BCUT2D eigenvalue weighted by Gasteiger charge is -2.14. The van der Waals surface area contributed by atoms with Gasteiger partial charge in [0.05, 0.1) is 24.8 Å². The quantitative estimate of drug-likeness (QED) is 0.515. The van der Waals surface area contributed by atoms with Crippen LogP contribution in [0.5, 0.6) is 5.75 Å². The number of carbonyl (C=O) groups is 2. The van der Waals surface area contributed by atoms with Crippen LogP contribution in [0.1, 0.15) is 64.4 Å². The number of amides is 2. The highest BCUT2D eigenvalue weighted by Gasteiger charge is 2.36. The van der Waals surface area contributed by atoms with Crippen molar-refractivity contribution in [2.75, 3.05) is 7.11 Å². The zero-order valence-electron chi connectivity index (χ0n) is 15.5. The lowest BCUT2D eigenvalue weighted by molar-refractivity contribution is 0.0642. The Kier molecular flexibility index (Phi) is 5.71. The van der Waals surface area contributed by atoms with Gasteiger partial charge in [-0.2, -0.15) is 0 Å². The molecule has 0 fully saturated rings. The first kappa shape index (κ1) is 18.2.